The highest BCUT2D eigenvalue weighted by Gasteiger charge is 2.52. The van der Waals surface area contributed by atoms with Gasteiger partial charge in [-0.2, -0.15) is 0 Å². The van der Waals surface area contributed by atoms with Gasteiger partial charge >= 0.3 is 29.8 Å². The molecule has 0 fully saturated rings. The molecule has 0 N–H and O–H groups in total. The normalized spacial score (nSPS) is 15.0. The van der Waals surface area contributed by atoms with E-state index in [1.807, 2.05) is 66.7 Å². The van der Waals surface area contributed by atoms with E-state index < -0.39 is 80.0 Å². The van der Waals surface area contributed by atoms with Crippen LogP contribution in [0.3, 0.4) is 0 Å². The number of hydrogen-bond donors (Lipinski definition) is 0. The van der Waals surface area contributed by atoms with E-state index in [1.165, 1.54) is 34.6 Å². The molecule has 6 atom stereocenters. The van der Waals surface area contributed by atoms with Gasteiger partial charge in [0, 0.05) is 0 Å². The molecule has 12 nitrogen and oxygen atoms in total. The molecule has 0 aliphatic heterocycles. The van der Waals surface area contributed by atoms with Gasteiger partial charge in [-0.05, 0) is 62.5 Å². The van der Waals surface area contributed by atoms with Gasteiger partial charge in [0.15, 0.2) is 24.4 Å². The summed E-state index contributed by atoms with van der Waals surface area (Å²) in [6, 6.07) is 28.6. The van der Waals surface area contributed by atoms with Crippen LogP contribution >= 0.6 is 0 Å². The maximum Gasteiger partial charge on any atom is 0.349 e. The summed E-state index contributed by atoms with van der Waals surface area (Å²) in [6.07, 6.45) is -7.56. The first-order chi connectivity index (χ1) is 25.0. The Kier molecular flexibility index (Phi) is 15.5. The predicted octanol–water partition coefficient (Wildman–Crippen LogP) is 4.78. The van der Waals surface area contributed by atoms with E-state index in [2.05, 4.69) is 20.8 Å². The van der Waals surface area contributed by atoms with Crippen LogP contribution in [0.4, 0.5) is 0 Å². The summed E-state index contributed by atoms with van der Waals surface area (Å²) in [5.41, 5.74) is 0.762. The molecule has 3 aromatic rings. The number of esters is 5. The molecule has 0 aromatic heterocycles. The van der Waals surface area contributed by atoms with Crippen LogP contribution in [-0.4, -0.2) is 75.0 Å². The topological polar surface area (TPSA) is 150 Å². The van der Waals surface area contributed by atoms with Gasteiger partial charge in [0.2, 0.25) is 6.29 Å². The van der Waals surface area contributed by atoms with Gasteiger partial charge in [0.1, 0.15) is 12.7 Å². The molecule has 13 heteroatoms. The smallest absolute Gasteiger partial charge is 0.349 e. The standard InChI is InChI=1S/C40H50O12Si/c1-26(35(41)46-25-32-19-13-10-14-20-32)48-37(43)28(3)49-36(42)27(2)47-31(6)51-38(44)29(4)50-39(45)30(5)52-53(40(7,8)9,33-21-15-11-16-22-33)34-23-17-12-18-24-34/h10-24,26-31H,25H2,1-9H3/t26-,27-,28-,29-,30-,31-/m0/s1. The molecule has 0 bridgehead atoms. The Balaban J connectivity index is 1.51. The molecule has 0 aliphatic carbocycles. The maximum absolute atomic E-state index is 13.3. The van der Waals surface area contributed by atoms with Crippen LogP contribution in [0.15, 0.2) is 91.0 Å². The van der Waals surface area contributed by atoms with E-state index in [0.717, 1.165) is 15.9 Å². The van der Waals surface area contributed by atoms with Gasteiger partial charge in [0.25, 0.3) is 8.32 Å². The predicted molar refractivity (Wildman–Crippen MR) is 197 cm³/mol. The van der Waals surface area contributed by atoms with Crippen molar-refractivity contribution in [3.63, 3.8) is 0 Å². The van der Waals surface area contributed by atoms with Crippen molar-refractivity contribution in [2.75, 3.05) is 0 Å². The fraction of sp³-hybridized carbons (Fsp3) is 0.425. The van der Waals surface area contributed by atoms with E-state index in [4.69, 9.17) is 32.8 Å². The molecular formula is C40H50O12Si. The van der Waals surface area contributed by atoms with Crippen LogP contribution in [0.25, 0.3) is 0 Å². The van der Waals surface area contributed by atoms with Crippen LogP contribution in [0.1, 0.15) is 67.9 Å². The summed E-state index contributed by atoms with van der Waals surface area (Å²) in [7, 11) is -3.09. The number of ether oxygens (including phenoxy) is 6. The van der Waals surface area contributed by atoms with Crippen molar-refractivity contribution in [2.24, 2.45) is 0 Å². The van der Waals surface area contributed by atoms with E-state index in [0.29, 0.717) is 0 Å². The lowest BCUT2D eigenvalue weighted by Crippen LogP contribution is -2.68. The lowest BCUT2D eigenvalue weighted by atomic mass is 10.2. The molecule has 0 spiro atoms. The highest BCUT2D eigenvalue weighted by molar-refractivity contribution is 6.99. The highest BCUT2D eigenvalue weighted by atomic mass is 28.4. The molecular weight excluding hydrogens is 701 g/mol. The molecule has 286 valence electrons. The molecule has 3 rings (SSSR count). The minimum atomic E-state index is -3.09. The third-order valence-corrected chi connectivity index (χ3v) is 13.3. The molecule has 0 saturated carbocycles. The molecule has 0 saturated heterocycles. The summed E-state index contributed by atoms with van der Waals surface area (Å²) in [5.74, 6) is -4.38. The number of carbonyl (C=O) groups is 5. The van der Waals surface area contributed by atoms with E-state index in [9.17, 15) is 24.0 Å². The van der Waals surface area contributed by atoms with Gasteiger partial charge in [0.05, 0.1) is 0 Å². The number of benzene rings is 3. The average molecular weight is 751 g/mol. The minimum Gasteiger partial charge on any atom is -0.458 e. The first kappa shape index (κ1) is 42.6. The van der Waals surface area contributed by atoms with Gasteiger partial charge < -0.3 is 32.8 Å². The largest absolute Gasteiger partial charge is 0.458 e. The van der Waals surface area contributed by atoms with Crippen molar-refractivity contribution >= 4 is 48.5 Å². The van der Waals surface area contributed by atoms with Crippen LogP contribution in [-0.2, 0) is 63.4 Å². The van der Waals surface area contributed by atoms with Gasteiger partial charge in [-0.25, -0.2) is 24.0 Å². The van der Waals surface area contributed by atoms with Crippen molar-refractivity contribution in [2.45, 2.75) is 111 Å². The van der Waals surface area contributed by atoms with Crippen molar-refractivity contribution in [3.8, 4) is 0 Å². The molecule has 0 amide bonds. The second-order valence-electron chi connectivity index (χ2n) is 13.5. The quantitative estimate of drug-likeness (QED) is 0.0809. The maximum atomic E-state index is 13.3. The summed E-state index contributed by atoms with van der Waals surface area (Å²) >= 11 is 0. The fourth-order valence-corrected chi connectivity index (χ4v) is 10.1. The van der Waals surface area contributed by atoms with Crippen LogP contribution in [0.2, 0.25) is 5.04 Å². The lowest BCUT2D eigenvalue weighted by molar-refractivity contribution is -0.205. The third-order valence-electron chi connectivity index (χ3n) is 8.21. The Hall–Kier alpha value is -4.85. The summed E-state index contributed by atoms with van der Waals surface area (Å²) < 4.78 is 38.4. The lowest BCUT2D eigenvalue weighted by Gasteiger charge is -2.44. The van der Waals surface area contributed by atoms with Crippen molar-refractivity contribution < 1.29 is 56.8 Å². The zero-order valence-corrected chi connectivity index (χ0v) is 32.7. The second-order valence-corrected chi connectivity index (χ2v) is 17.8. The Bertz CT molecular complexity index is 1620. The highest BCUT2D eigenvalue weighted by Crippen LogP contribution is 2.37. The van der Waals surface area contributed by atoms with E-state index in [1.54, 1.807) is 31.2 Å². The van der Waals surface area contributed by atoms with E-state index >= 15 is 0 Å². The third kappa shape index (κ3) is 11.8. The number of hydrogen-bond acceptors (Lipinski definition) is 12. The molecule has 0 unspecified atom stereocenters. The number of rotatable bonds is 17. The average Bonchev–Trinajstić information content (AvgIpc) is 3.12. The second kappa shape index (κ2) is 19.3. The number of carbonyl (C=O) groups excluding carboxylic acids is 5. The Morgan fingerprint density at radius 2 is 0.887 bits per heavy atom. The zero-order valence-electron chi connectivity index (χ0n) is 31.7. The zero-order chi connectivity index (χ0) is 39.3. The Morgan fingerprint density at radius 1 is 0.509 bits per heavy atom. The molecule has 0 heterocycles. The Morgan fingerprint density at radius 3 is 1.34 bits per heavy atom. The molecule has 3 aromatic carbocycles. The SMILES string of the molecule is C[C@H](OC(=O)[C@H](C)OC(=O)[C@H](C)O[Si](c1ccccc1)(c1ccccc1)C(C)(C)C)O[C@@H](C)C(=O)O[C@@H](C)C(=O)O[C@@H](C)C(=O)OCc1ccccc1. The van der Waals surface area contributed by atoms with Crippen molar-refractivity contribution in [1.29, 1.82) is 0 Å². The summed E-state index contributed by atoms with van der Waals surface area (Å²) in [6.45, 7) is 14.5. The monoisotopic (exact) mass is 750 g/mol. The fourth-order valence-electron chi connectivity index (χ4n) is 5.44. The van der Waals surface area contributed by atoms with Crippen LogP contribution in [0.5, 0.6) is 0 Å². The summed E-state index contributed by atoms with van der Waals surface area (Å²) in [5, 5.41) is 1.56. The van der Waals surface area contributed by atoms with Crippen LogP contribution < -0.4 is 10.4 Å². The Labute approximate surface area is 312 Å². The van der Waals surface area contributed by atoms with Gasteiger partial charge in [-0.15, -0.1) is 0 Å². The molecule has 0 aliphatic rings. The molecule has 53 heavy (non-hydrogen) atoms. The van der Waals surface area contributed by atoms with Crippen molar-refractivity contribution in [3.05, 3.63) is 96.6 Å². The van der Waals surface area contributed by atoms with E-state index in [-0.39, 0.29) is 6.61 Å². The van der Waals surface area contributed by atoms with Gasteiger partial charge in [-0.1, -0.05) is 112 Å². The first-order valence-corrected chi connectivity index (χ1v) is 19.3. The van der Waals surface area contributed by atoms with Gasteiger partial charge in [-0.3, -0.25) is 0 Å². The first-order valence-electron chi connectivity index (χ1n) is 17.4. The van der Waals surface area contributed by atoms with Crippen molar-refractivity contribution in [1.82, 2.24) is 0 Å². The molecule has 0 radical (unpaired) electrons. The summed E-state index contributed by atoms with van der Waals surface area (Å²) in [4.78, 5) is 63.6. The minimum absolute atomic E-state index is 0.00144. The van der Waals surface area contributed by atoms with Crippen LogP contribution in [0, 0.1) is 0 Å².